The summed E-state index contributed by atoms with van der Waals surface area (Å²) in [4.78, 5) is 56.8. The van der Waals surface area contributed by atoms with Crippen LogP contribution in [0, 0.1) is 0 Å². The number of esters is 3. The summed E-state index contributed by atoms with van der Waals surface area (Å²) in [6, 6.07) is -0.851. The number of thioether (sulfide) groups is 1. The molecule has 11 heteroatoms. The van der Waals surface area contributed by atoms with E-state index in [0.29, 0.717) is 5.75 Å². The Kier molecular flexibility index (Phi) is 9.94. The van der Waals surface area contributed by atoms with Crippen molar-refractivity contribution in [3.05, 3.63) is 0 Å². The minimum atomic E-state index is -1.11. The predicted octanol–water partition coefficient (Wildman–Crippen LogP) is -0.0353. The Bertz CT molecular complexity index is 597. The minimum Gasteiger partial charge on any atom is -0.463 e. The van der Waals surface area contributed by atoms with Crippen molar-refractivity contribution in [2.45, 2.75) is 63.9 Å². The van der Waals surface area contributed by atoms with Crippen molar-refractivity contribution in [3.8, 4) is 0 Å². The van der Waals surface area contributed by atoms with Crippen LogP contribution < -0.4 is 5.32 Å². The van der Waals surface area contributed by atoms with E-state index in [4.69, 9.17) is 18.9 Å². The van der Waals surface area contributed by atoms with E-state index in [0.717, 1.165) is 6.29 Å². The van der Waals surface area contributed by atoms with Gasteiger partial charge in [0.1, 0.15) is 30.5 Å². The molecule has 1 rings (SSSR count). The van der Waals surface area contributed by atoms with Gasteiger partial charge < -0.3 is 29.1 Å². The first-order chi connectivity index (χ1) is 13.1. The highest BCUT2D eigenvalue weighted by Gasteiger charge is 2.50. The number of hydrogen-bond acceptors (Lipinski definition) is 10. The SMILES string of the molecule is CC(=O)N[C@@H]1[C@@H](OC(C)=O)[C@@H](OC(C)=O)[C@@H](COC(C)=O)O[C@@H]1SCCC=O. The zero-order chi connectivity index (χ0) is 21.3. The number of rotatable bonds is 9. The lowest BCUT2D eigenvalue weighted by Crippen LogP contribution is -2.65. The van der Waals surface area contributed by atoms with Crippen LogP contribution in [0.5, 0.6) is 0 Å². The van der Waals surface area contributed by atoms with Gasteiger partial charge in [0, 0.05) is 39.9 Å². The molecule has 1 aliphatic rings. The van der Waals surface area contributed by atoms with E-state index in [-0.39, 0.29) is 13.0 Å². The van der Waals surface area contributed by atoms with Crippen molar-refractivity contribution in [1.82, 2.24) is 5.32 Å². The van der Waals surface area contributed by atoms with Crippen LogP contribution in [0.4, 0.5) is 0 Å². The monoisotopic (exact) mass is 419 g/mol. The Balaban J connectivity index is 3.22. The number of hydrogen-bond donors (Lipinski definition) is 1. The molecule has 1 aliphatic heterocycles. The second kappa shape index (κ2) is 11.6. The zero-order valence-electron chi connectivity index (χ0n) is 16.2. The zero-order valence-corrected chi connectivity index (χ0v) is 17.0. The van der Waals surface area contributed by atoms with Crippen molar-refractivity contribution in [2.24, 2.45) is 0 Å². The second-order valence-electron chi connectivity index (χ2n) is 6.05. The molecule has 0 radical (unpaired) electrons. The lowest BCUT2D eigenvalue weighted by atomic mass is 9.97. The Morgan fingerprint density at radius 1 is 1.00 bits per heavy atom. The molecule has 5 atom stereocenters. The summed E-state index contributed by atoms with van der Waals surface area (Å²) in [5.74, 6) is -1.90. The molecule has 0 aromatic carbocycles. The van der Waals surface area contributed by atoms with Crippen LogP contribution in [0.15, 0.2) is 0 Å². The van der Waals surface area contributed by atoms with Gasteiger partial charge in [-0.15, -0.1) is 11.8 Å². The highest BCUT2D eigenvalue weighted by atomic mass is 32.2. The quantitative estimate of drug-likeness (QED) is 0.235. The van der Waals surface area contributed by atoms with E-state index in [1.165, 1.54) is 39.5 Å². The Morgan fingerprint density at radius 3 is 2.11 bits per heavy atom. The molecule has 158 valence electrons. The number of carbonyl (C=O) groups is 5. The first kappa shape index (κ1) is 23.9. The highest BCUT2D eigenvalue weighted by molar-refractivity contribution is 7.99. The van der Waals surface area contributed by atoms with Crippen LogP contribution >= 0.6 is 11.8 Å². The average molecular weight is 419 g/mol. The normalized spacial score (nSPS) is 26.6. The minimum absolute atomic E-state index is 0.247. The third-order valence-corrected chi connectivity index (χ3v) is 4.79. The maximum absolute atomic E-state index is 11.7. The van der Waals surface area contributed by atoms with Gasteiger partial charge in [-0.1, -0.05) is 0 Å². The van der Waals surface area contributed by atoms with E-state index in [9.17, 15) is 24.0 Å². The highest BCUT2D eigenvalue weighted by Crippen LogP contribution is 2.32. The Morgan fingerprint density at radius 2 is 1.61 bits per heavy atom. The molecule has 0 aromatic heterocycles. The molecule has 1 fully saturated rings. The average Bonchev–Trinajstić information content (AvgIpc) is 2.57. The summed E-state index contributed by atoms with van der Waals surface area (Å²) in [7, 11) is 0. The number of nitrogens with one attached hydrogen (secondary N) is 1. The molecule has 0 unspecified atom stereocenters. The van der Waals surface area contributed by atoms with Crippen LogP contribution in [-0.4, -0.2) is 72.3 Å². The van der Waals surface area contributed by atoms with Gasteiger partial charge in [-0.2, -0.15) is 0 Å². The third-order valence-electron chi connectivity index (χ3n) is 3.59. The van der Waals surface area contributed by atoms with E-state index in [1.54, 1.807) is 0 Å². The molecule has 0 aromatic rings. The first-order valence-corrected chi connectivity index (χ1v) is 9.66. The van der Waals surface area contributed by atoms with Crippen molar-refractivity contribution >= 4 is 41.9 Å². The van der Waals surface area contributed by atoms with Crippen molar-refractivity contribution in [3.63, 3.8) is 0 Å². The topological polar surface area (TPSA) is 134 Å². The van der Waals surface area contributed by atoms with E-state index >= 15 is 0 Å². The molecule has 0 aliphatic carbocycles. The fraction of sp³-hybridized carbons (Fsp3) is 0.706. The van der Waals surface area contributed by atoms with Gasteiger partial charge in [0.2, 0.25) is 5.91 Å². The summed E-state index contributed by atoms with van der Waals surface area (Å²) in [5.41, 5.74) is -0.736. The predicted molar refractivity (Wildman–Crippen MR) is 97.1 cm³/mol. The summed E-state index contributed by atoms with van der Waals surface area (Å²) in [5, 5.41) is 2.65. The Hall–Kier alpha value is -2.14. The van der Waals surface area contributed by atoms with E-state index in [2.05, 4.69) is 5.32 Å². The van der Waals surface area contributed by atoms with E-state index < -0.39 is 53.6 Å². The van der Waals surface area contributed by atoms with Crippen molar-refractivity contribution < 1.29 is 42.9 Å². The second-order valence-corrected chi connectivity index (χ2v) is 7.25. The molecule has 0 bridgehead atoms. The maximum Gasteiger partial charge on any atom is 0.303 e. The number of amides is 1. The van der Waals surface area contributed by atoms with Crippen LogP contribution in [0.1, 0.15) is 34.1 Å². The van der Waals surface area contributed by atoms with Gasteiger partial charge >= 0.3 is 17.9 Å². The maximum atomic E-state index is 11.7. The molecular weight excluding hydrogens is 394 g/mol. The number of ether oxygens (including phenoxy) is 4. The fourth-order valence-electron chi connectivity index (χ4n) is 2.67. The molecule has 0 saturated carbocycles. The summed E-state index contributed by atoms with van der Waals surface area (Å²) < 4.78 is 21.5. The summed E-state index contributed by atoms with van der Waals surface area (Å²) in [6.07, 6.45) is -2.13. The standard InChI is InChI=1S/C17H25NO9S/c1-9(20)18-14-16(26-12(4)23)15(25-11(3)22)13(8-24-10(2)21)27-17(14)28-7-5-6-19/h6,13-17H,5,7-8H2,1-4H3,(H,18,20)/t13-,14-,15+,16-,17-/m1/s1. The van der Waals surface area contributed by atoms with Gasteiger partial charge in [-0.25, -0.2) is 0 Å². The fourth-order valence-corrected chi connectivity index (χ4v) is 3.78. The molecular formula is C17H25NO9S. The molecule has 28 heavy (non-hydrogen) atoms. The van der Waals surface area contributed by atoms with E-state index in [1.807, 2.05) is 0 Å². The summed E-state index contributed by atoms with van der Waals surface area (Å²) >= 11 is 1.22. The molecule has 1 N–H and O–H groups in total. The molecule has 0 spiro atoms. The van der Waals surface area contributed by atoms with Crippen LogP contribution in [-0.2, 0) is 42.9 Å². The molecule has 1 saturated heterocycles. The largest absolute Gasteiger partial charge is 0.463 e. The summed E-state index contributed by atoms with van der Waals surface area (Å²) in [6.45, 7) is 4.60. The van der Waals surface area contributed by atoms with Gasteiger partial charge in [0.15, 0.2) is 12.2 Å². The van der Waals surface area contributed by atoms with Crippen molar-refractivity contribution in [1.29, 1.82) is 0 Å². The molecule has 1 heterocycles. The van der Waals surface area contributed by atoms with Gasteiger partial charge in [0.25, 0.3) is 0 Å². The van der Waals surface area contributed by atoms with Gasteiger partial charge in [-0.05, 0) is 0 Å². The van der Waals surface area contributed by atoms with Gasteiger partial charge in [-0.3, -0.25) is 19.2 Å². The van der Waals surface area contributed by atoms with Crippen LogP contribution in [0.2, 0.25) is 0 Å². The van der Waals surface area contributed by atoms with Gasteiger partial charge in [0.05, 0.1) is 0 Å². The first-order valence-electron chi connectivity index (χ1n) is 8.61. The van der Waals surface area contributed by atoms with Crippen LogP contribution in [0.3, 0.4) is 0 Å². The smallest absolute Gasteiger partial charge is 0.303 e. The number of carbonyl (C=O) groups excluding carboxylic acids is 5. The van der Waals surface area contributed by atoms with Crippen molar-refractivity contribution in [2.75, 3.05) is 12.4 Å². The number of aldehydes is 1. The third kappa shape index (κ3) is 7.85. The lowest BCUT2D eigenvalue weighted by Gasteiger charge is -2.45. The molecule has 10 nitrogen and oxygen atoms in total. The Labute approximate surface area is 167 Å². The lowest BCUT2D eigenvalue weighted by molar-refractivity contribution is -0.211. The van der Waals surface area contributed by atoms with Crippen LogP contribution in [0.25, 0.3) is 0 Å². The molecule has 1 amide bonds.